The first kappa shape index (κ1) is 24.4. The molecule has 2 fully saturated rings. The SMILES string of the molecule is CN1CCC(N[P@](=O)(OCC2OC(n3cccnc3=O)C(F)(F)[C@@H]2O)Oc2ccccc2)C1=O. The van der Waals surface area contributed by atoms with Crippen LogP contribution in [0.25, 0.3) is 0 Å². The first-order valence-electron chi connectivity index (χ1n) is 10.4. The predicted octanol–water partition coefficient (Wildman–Crippen LogP) is 1.16. The molecule has 2 aliphatic rings. The van der Waals surface area contributed by atoms with Gasteiger partial charge in [0.2, 0.25) is 12.1 Å². The highest BCUT2D eigenvalue weighted by molar-refractivity contribution is 7.52. The lowest BCUT2D eigenvalue weighted by Crippen LogP contribution is -2.42. The molecule has 3 unspecified atom stereocenters. The van der Waals surface area contributed by atoms with Gasteiger partial charge in [0.25, 0.3) is 0 Å². The van der Waals surface area contributed by atoms with Crippen LogP contribution in [0.2, 0.25) is 0 Å². The van der Waals surface area contributed by atoms with E-state index >= 15 is 0 Å². The van der Waals surface area contributed by atoms with Gasteiger partial charge < -0.3 is 19.3 Å². The van der Waals surface area contributed by atoms with Gasteiger partial charge >= 0.3 is 19.4 Å². The Kier molecular flexibility index (Phi) is 6.83. The number of nitrogens with one attached hydrogen (secondary N) is 1. The standard InChI is InChI=1S/C20H23F2N4O7P/c1-25-11-8-14(17(25)28)24-34(30,33-13-6-3-2-4-7-13)31-12-15-16(27)20(21,22)18(32-15)26-10-5-9-23-19(26)29/h2-7,9-10,14-16,18,27H,8,11-12H2,1H3,(H,24,30)/t14?,15?,16-,18?,34+/m1/s1. The Labute approximate surface area is 192 Å². The molecule has 11 nitrogen and oxygen atoms in total. The van der Waals surface area contributed by atoms with Gasteiger partial charge in [-0.05, 0) is 24.6 Å². The van der Waals surface area contributed by atoms with Crippen LogP contribution in [0.5, 0.6) is 5.75 Å². The summed E-state index contributed by atoms with van der Waals surface area (Å²) < 4.78 is 59.6. The second-order valence-electron chi connectivity index (χ2n) is 7.88. The summed E-state index contributed by atoms with van der Waals surface area (Å²) in [6, 6.07) is 8.33. The Morgan fingerprint density at radius 1 is 1.29 bits per heavy atom. The molecule has 0 bridgehead atoms. The number of aliphatic hydroxyl groups is 1. The molecule has 184 valence electrons. The van der Waals surface area contributed by atoms with Crippen molar-refractivity contribution < 1.29 is 37.0 Å². The smallest absolute Gasteiger partial charge is 0.413 e. The monoisotopic (exact) mass is 500 g/mol. The van der Waals surface area contributed by atoms with Crippen LogP contribution in [0.4, 0.5) is 8.78 Å². The third kappa shape index (κ3) is 4.89. The minimum absolute atomic E-state index is 0.148. The predicted molar refractivity (Wildman–Crippen MR) is 113 cm³/mol. The summed E-state index contributed by atoms with van der Waals surface area (Å²) in [5, 5.41) is 12.7. The highest BCUT2D eigenvalue weighted by atomic mass is 31.2. The molecule has 0 radical (unpaired) electrons. The molecule has 2 aromatic rings. The lowest BCUT2D eigenvalue weighted by molar-refractivity contribution is -0.140. The molecular weight excluding hydrogens is 477 g/mol. The molecule has 4 rings (SSSR count). The fraction of sp³-hybridized carbons (Fsp3) is 0.450. The Bertz CT molecular complexity index is 1140. The molecule has 34 heavy (non-hydrogen) atoms. The van der Waals surface area contributed by atoms with Crippen molar-refractivity contribution in [2.45, 2.75) is 36.8 Å². The van der Waals surface area contributed by atoms with E-state index in [1.807, 2.05) is 0 Å². The zero-order chi connectivity index (χ0) is 24.5. The number of aromatic nitrogens is 2. The first-order chi connectivity index (χ1) is 16.1. The number of alkyl halides is 2. The minimum atomic E-state index is -4.29. The average molecular weight is 500 g/mol. The van der Waals surface area contributed by atoms with Crippen molar-refractivity contribution in [1.29, 1.82) is 0 Å². The number of halogens is 2. The van der Waals surface area contributed by atoms with Crippen molar-refractivity contribution in [2.24, 2.45) is 0 Å². The molecule has 2 saturated heterocycles. The fourth-order valence-electron chi connectivity index (χ4n) is 3.67. The number of aliphatic hydroxyl groups excluding tert-OH is 1. The van der Waals surface area contributed by atoms with E-state index in [2.05, 4.69) is 10.1 Å². The van der Waals surface area contributed by atoms with E-state index in [0.29, 0.717) is 17.5 Å². The van der Waals surface area contributed by atoms with Crippen LogP contribution >= 0.6 is 7.75 Å². The number of para-hydroxylation sites is 1. The van der Waals surface area contributed by atoms with Crippen molar-refractivity contribution in [3.8, 4) is 5.75 Å². The zero-order valence-electron chi connectivity index (χ0n) is 18.0. The van der Waals surface area contributed by atoms with E-state index in [0.717, 1.165) is 12.4 Å². The van der Waals surface area contributed by atoms with E-state index in [4.69, 9.17) is 13.8 Å². The number of ether oxygens (including phenoxy) is 1. The Morgan fingerprint density at radius 3 is 2.68 bits per heavy atom. The third-order valence-corrected chi connectivity index (χ3v) is 7.06. The van der Waals surface area contributed by atoms with Crippen LogP contribution in [-0.2, 0) is 18.6 Å². The molecule has 2 aliphatic heterocycles. The van der Waals surface area contributed by atoms with Crippen LogP contribution in [-0.4, -0.2) is 69.8 Å². The summed E-state index contributed by atoms with van der Waals surface area (Å²) >= 11 is 0. The van der Waals surface area contributed by atoms with Gasteiger partial charge in [0.05, 0.1) is 12.6 Å². The van der Waals surface area contributed by atoms with E-state index in [-0.39, 0.29) is 11.7 Å². The van der Waals surface area contributed by atoms with Crippen LogP contribution in [0, 0.1) is 0 Å². The molecule has 1 amide bonds. The molecule has 1 aromatic heterocycles. The summed E-state index contributed by atoms with van der Waals surface area (Å²) in [6.07, 6.45) is -3.68. The maximum absolute atomic E-state index is 14.7. The molecular formula is C20H23F2N4O7P. The number of amides is 1. The molecule has 1 aromatic carbocycles. The van der Waals surface area contributed by atoms with Crippen LogP contribution in [0.1, 0.15) is 12.6 Å². The van der Waals surface area contributed by atoms with Crippen LogP contribution in [0.15, 0.2) is 53.6 Å². The highest BCUT2D eigenvalue weighted by Gasteiger charge is 2.60. The molecule has 0 saturated carbocycles. The highest BCUT2D eigenvalue weighted by Crippen LogP contribution is 2.48. The van der Waals surface area contributed by atoms with Crippen LogP contribution < -0.4 is 15.3 Å². The molecule has 14 heteroatoms. The summed E-state index contributed by atoms with van der Waals surface area (Å²) in [5.74, 6) is -4.06. The molecule has 0 spiro atoms. The third-order valence-electron chi connectivity index (χ3n) is 5.49. The van der Waals surface area contributed by atoms with Gasteiger partial charge in [-0.25, -0.2) is 14.3 Å². The Morgan fingerprint density at radius 2 is 2.03 bits per heavy atom. The average Bonchev–Trinajstić information content (AvgIpc) is 3.23. The summed E-state index contributed by atoms with van der Waals surface area (Å²) in [6.45, 7) is -0.365. The van der Waals surface area contributed by atoms with Gasteiger partial charge in [0.15, 0.2) is 6.10 Å². The second-order valence-corrected chi connectivity index (χ2v) is 9.58. The second kappa shape index (κ2) is 9.51. The van der Waals surface area contributed by atoms with Crippen LogP contribution in [0.3, 0.4) is 0 Å². The van der Waals surface area contributed by atoms with E-state index in [1.165, 1.54) is 23.1 Å². The van der Waals surface area contributed by atoms with Crippen molar-refractivity contribution in [2.75, 3.05) is 20.2 Å². The number of benzene rings is 1. The molecule has 2 N–H and O–H groups in total. The minimum Gasteiger partial charge on any atom is -0.413 e. The lowest BCUT2D eigenvalue weighted by atomic mass is 10.1. The molecule has 0 aliphatic carbocycles. The van der Waals surface area contributed by atoms with E-state index < -0.39 is 50.4 Å². The van der Waals surface area contributed by atoms with Crippen molar-refractivity contribution >= 4 is 13.7 Å². The number of likely N-dealkylation sites (N-methyl/N-ethyl adjacent to an activating group) is 1. The first-order valence-corrected chi connectivity index (χ1v) is 11.9. The number of hydrogen-bond donors (Lipinski definition) is 2. The van der Waals surface area contributed by atoms with Gasteiger partial charge in [-0.3, -0.25) is 13.9 Å². The summed E-state index contributed by atoms with van der Waals surface area (Å²) in [4.78, 5) is 29.0. The topological polar surface area (TPSA) is 132 Å². The number of nitrogens with zero attached hydrogens (tertiary/aromatic N) is 3. The van der Waals surface area contributed by atoms with Gasteiger partial charge in [0, 0.05) is 26.0 Å². The molecule has 5 atom stereocenters. The largest absolute Gasteiger partial charge is 0.459 e. The number of carbonyl (C=O) groups excluding carboxylic acids is 1. The van der Waals surface area contributed by atoms with Gasteiger partial charge in [-0.1, -0.05) is 18.2 Å². The quantitative estimate of drug-likeness (QED) is 0.513. The summed E-state index contributed by atoms with van der Waals surface area (Å²) in [7, 11) is -2.71. The number of rotatable bonds is 8. The van der Waals surface area contributed by atoms with Crippen molar-refractivity contribution in [3.63, 3.8) is 0 Å². The maximum atomic E-state index is 14.7. The Hall–Kier alpha value is -2.70. The Balaban J connectivity index is 1.52. The van der Waals surface area contributed by atoms with Gasteiger partial charge in [-0.2, -0.15) is 13.9 Å². The van der Waals surface area contributed by atoms with Gasteiger partial charge in [-0.15, -0.1) is 0 Å². The van der Waals surface area contributed by atoms with Crippen molar-refractivity contribution in [3.05, 3.63) is 59.3 Å². The maximum Gasteiger partial charge on any atom is 0.459 e. The zero-order valence-corrected chi connectivity index (χ0v) is 18.9. The fourth-order valence-corrected chi connectivity index (χ4v) is 5.21. The number of likely N-dealkylation sites (tertiary alicyclic amines) is 1. The van der Waals surface area contributed by atoms with E-state index in [9.17, 15) is 28.0 Å². The lowest BCUT2D eigenvalue weighted by Gasteiger charge is -2.24. The summed E-state index contributed by atoms with van der Waals surface area (Å²) in [5.41, 5.74) is -0.996. The molecule has 3 heterocycles. The number of carbonyl (C=O) groups is 1. The van der Waals surface area contributed by atoms with E-state index in [1.54, 1.807) is 25.2 Å². The normalized spacial score (nSPS) is 28.1. The number of hydrogen-bond acceptors (Lipinski definition) is 8. The van der Waals surface area contributed by atoms with Crippen molar-refractivity contribution in [1.82, 2.24) is 19.5 Å². The van der Waals surface area contributed by atoms with Gasteiger partial charge in [0.1, 0.15) is 11.9 Å².